The summed E-state index contributed by atoms with van der Waals surface area (Å²) in [6, 6.07) is 8.74. The maximum absolute atomic E-state index is 12.5. The molecule has 1 aliphatic rings. The lowest BCUT2D eigenvalue weighted by Crippen LogP contribution is -2.46. The van der Waals surface area contributed by atoms with E-state index < -0.39 is 0 Å². The molecule has 1 heterocycles. The molecule has 0 aliphatic carbocycles. The number of methoxy groups -OCH3 is 1. The number of hydrogen-bond donors (Lipinski definition) is 1. The molecule has 7 heteroatoms. The van der Waals surface area contributed by atoms with Gasteiger partial charge < -0.3 is 19.9 Å². The van der Waals surface area contributed by atoms with Gasteiger partial charge in [0.1, 0.15) is 5.75 Å². The first-order chi connectivity index (χ1) is 14.9. The fourth-order valence-electron chi connectivity index (χ4n) is 4.41. The van der Waals surface area contributed by atoms with Crippen molar-refractivity contribution in [3.05, 3.63) is 29.8 Å². The molecule has 0 bridgehead atoms. The molecular weight excluding hydrogens is 390 g/mol. The van der Waals surface area contributed by atoms with Gasteiger partial charge in [0.2, 0.25) is 5.91 Å². The predicted octanol–water partition coefficient (Wildman–Crippen LogP) is 2.84. The van der Waals surface area contributed by atoms with E-state index >= 15 is 0 Å². The molecule has 0 radical (unpaired) electrons. The number of piperidine rings is 1. The SMILES string of the molecule is CCNC(=NCC1CCCN(C)C1c1ccc(OC)cc1)N(C)CC(=O)N(CC)CC. The summed E-state index contributed by atoms with van der Waals surface area (Å²) in [4.78, 5) is 23.7. The minimum atomic E-state index is 0.131. The topological polar surface area (TPSA) is 60.4 Å². The van der Waals surface area contributed by atoms with Crippen molar-refractivity contribution in [3.8, 4) is 5.75 Å². The fourth-order valence-corrected chi connectivity index (χ4v) is 4.41. The van der Waals surface area contributed by atoms with Gasteiger partial charge in [-0.1, -0.05) is 12.1 Å². The average molecular weight is 432 g/mol. The van der Waals surface area contributed by atoms with Gasteiger partial charge in [0.05, 0.1) is 13.7 Å². The minimum Gasteiger partial charge on any atom is -0.497 e. The van der Waals surface area contributed by atoms with Crippen molar-refractivity contribution in [2.24, 2.45) is 10.9 Å². The van der Waals surface area contributed by atoms with Crippen LogP contribution in [0.4, 0.5) is 0 Å². The molecule has 0 aromatic heterocycles. The second-order valence-corrected chi connectivity index (χ2v) is 8.22. The first-order valence-electron chi connectivity index (χ1n) is 11.6. The first kappa shape index (κ1) is 25.0. The molecule has 2 atom stereocenters. The molecule has 0 spiro atoms. The van der Waals surface area contributed by atoms with Gasteiger partial charge in [-0.05, 0) is 70.8 Å². The number of hydrogen-bond acceptors (Lipinski definition) is 4. The lowest BCUT2D eigenvalue weighted by molar-refractivity contribution is -0.131. The number of carbonyl (C=O) groups excluding carboxylic acids is 1. The molecule has 1 aromatic rings. The summed E-state index contributed by atoms with van der Waals surface area (Å²) in [5.74, 6) is 2.23. The normalized spacial score (nSPS) is 19.7. The summed E-state index contributed by atoms with van der Waals surface area (Å²) in [6.45, 7) is 10.5. The zero-order valence-electron chi connectivity index (χ0n) is 20.2. The molecule has 1 amide bonds. The van der Waals surface area contributed by atoms with E-state index in [0.717, 1.165) is 50.9 Å². The minimum absolute atomic E-state index is 0.131. The number of benzene rings is 1. The van der Waals surface area contributed by atoms with Crippen LogP contribution in [-0.4, -0.2) is 87.0 Å². The Morgan fingerprint density at radius 1 is 1.23 bits per heavy atom. The van der Waals surface area contributed by atoms with Crippen LogP contribution in [0.3, 0.4) is 0 Å². The molecule has 174 valence electrons. The van der Waals surface area contributed by atoms with Crippen molar-refractivity contribution in [3.63, 3.8) is 0 Å². The number of nitrogens with one attached hydrogen (secondary N) is 1. The van der Waals surface area contributed by atoms with Crippen LogP contribution < -0.4 is 10.1 Å². The summed E-state index contributed by atoms with van der Waals surface area (Å²) < 4.78 is 5.33. The molecule has 2 rings (SSSR count). The van der Waals surface area contributed by atoms with Crippen LogP contribution in [0.1, 0.15) is 45.2 Å². The van der Waals surface area contributed by atoms with E-state index in [9.17, 15) is 4.79 Å². The van der Waals surface area contributed by atoms with Crippen molar-refractivity contribution >= 4 is 11.9 Å². The molecule has 1 saturated heterocycles. The van der Waals surface area contributed by atoms with Gasteiger partial charge in [0.15, 0.2) is 5.96 Å². The Bertz CT molecular complexity index is 702. The van der Waals surface area contributed by atoms with Crippen LogP contribution in [0, 0.1) is 5.92 Å². The van der Waals surface area contributed by atoms with Crippen molar-refractivity contribution in [2.45, 2.75) is 39.7 Å². The molecule has 0 saturated carbocycles. The molecular formula is C24H41N5O2. The zero-order valence-corrected chi connectivity index (χ0v) is 20.2. The molecule has 1 fully saturated rings. The number of carbonyl (C=O) groups is 1. The van der Waals surface area contributed by atoms with E-state index in [4.69, 9.17) is 9.73 Å². The van der Waals surface area contributed by atoms with Gasteiger partial charge in [-0.25, -0.2) is 0 Å². The largest absolute Gasteiger partial charge is 0.497 e. The van der Waals surface area contributed by atoms with Crippen LogP contribution >= 0.6 is 0 Å². The Morgan fingerprint density at radius 3 is 2.48 bits per heavy atom. The van der Waals surface area contributed by atoms with E-state index in [-0.39, 0.29) is 5.91 Å². The Kier molecular flexibility index (Phi) is 10.1. The van der Waals surface area contributed by atoms with Gasteiger partial charge in [0.25, 0.3) is 0 Å². The van der Waals surface area contributed by atoms with Gasteiger partial charge >= 0.3 is 0 Å². The number of rotatable bonds is 9. The highest BCUT2D eigenvalue weighted by atomic mass is 16.5. The summed E-state index contributed by atoms with van der Waals surface area (Å²) in [5, 5.41) is 3.36. The Labute approximate surface area is 188 Å². The van der Waals surface area contributed by atoms with Crippen molar-refractivity contribution in [1.29, 1.82) is 0 Å². The van der Waals surface area contributed by atoms with E-state index in [1.165, 1.54) is 12.0 Å². The molecule has 7 nitrogen and oxygen atoms in total. The fraction of sp³-hybridized carbons (Fsp3) is 0.667. The summed E-state index contributed by atoms with van der Waals surface area (Å²) in [7, 11) is 5.84. The number of likely N-dealkylation sites (tertiary alicyclic amines) is 1. The standard InChI is InChI=1S/C24H41N5O2/c1-7-25-24(28(5)18-22(30)29(8-2)9-3)26-17-20-11-10-16-27(4)23(20)19-12-14-21(31-6)15-13-19/h12-15,20,23H,7-11,16-18H2,1-6H3,(H,25,26). The number of likely N-dealkylation sites (N-methyl/N-ethyl adjacent to an activating group) is 2. The van der Waals surface area contributed by atoms with E-state index in [2.05, 4.69) is 36.3 Å². The third-order valence-corrected chi connectivity index (χ3v) is 6.13. The number of ether oxygens (including phenoxy) is 1. The van der Waals surface area contributed by atoms with Crippen molar-refractivity contribution in [1.82, 2.24) is 20.0 Å². The van der Waals surface area contributed by atoms with Crippen molar-refractivity contribution in [2.75, 3.05) is 60.5 Å². The van der Waals surface area contributed by atoms with Crippen LogP contribution in [0.2, 0.25) is 0 Å². The van der Waals surface area contributed by atoms with Crippen LogP contribution in [0.25, 0.3) is 0 Å². The maximum Gasteiger partial charge on any atom is 0.242 e. The summed E-state index contributed by atoms with van der Waals surface area (Å²) in [5.41, 5.74) is 1.30. The second-order valence-electron chi connectivity index (χ2n) is 8.22. The van der Waals surface area contributed by atoms with Crippen molar-refractivity contribution < 1.29 is 9.53 Å². The summed E-state index contributed by atoms with van der Waals surface area (Å²) >= 11 is 0. The Hall–Kier alpha value is -2.28. The highest BCUT2D eigenvalue weighted by Crippen LogP contribution is 2.35. The molecule has 1 aromatic carbocycles. The van der Waals surface area contributed by atoms with Gasteiger partial charge in [-0.2, -0.15) is 0 Å². The van der Waals surface area contributed by atoms with Gasteiger partial charge in [0, 0.05) is 39.3 Å². The lowest BCUT2D eigenvalue weighted by atomic mass is 9.85. The van der Waals surface area contributed by atoms with Crippen LogP contribution in [-0.2, 0) is 4.79 Å². The van der Waals surface area contributed by atoms with E-state index in [0.29, 0.717) is 18.5 Å². The molecule has 31 heavy (non-hydrogen) atoms. The first-order valence-corrected chi connectivity index (χ1v) is 11.6. The zero-order chi connectivity index (χ0) is 22.8. The second kappa shape index (κ2) is 12.5. The number of guanidine groups is 1. The third-order valence-electron chi connectivity index (χ3n) is 6.13. The van der Waals surface area contributed by atoms with Gasteiger partial charge in [-0.3, -0.25) is 14.7 Å². The van der Waals surface area contributed by atoms with Crippen LogP contribution in [0.5, 0.6) is 5.75 Å². The monoisotopic (exact) mass is 431 g/mol. The maximum atomic E-state index is 12.5. The van der Waals surface area contributed by atoms with E-state index in [1.807, 2.05) is 42.8 Å². The number of aliphatic imine (C=N–C) groups is 1. The number of nitrogens with zero attached hydrogens (tertiary/aromatic N) is 4. The average Bonchev–Trinajstić information content (AvgIpc) is 2.77. The molecule has 2 unspecified atom stereocenters. The predicted molar refractivity (Wildman–Crippen MR) is 128 cm³/mol. The van der Waals surface area contributed by atoms with Crippen LogP contribution in [0.15, 0.2) is 29.3 Å². The summed E-state index contributed by atoms with van der Waals surface area (Å²) in [6.07, 6.45) is 2.32. The van der Waals surface area contributed by atoms with Gasteiger partial charge in [-0.15, -0.1) is 0 Å². The number of amides is 1. The highest BCUT2D eigenvalue weighted by molar-refractivity contribution is 5.86. The van der Waals surface area contributed by atoms with E-state index in [1.54, 1.807) is 7.11 Å². The Balaban J connectivity index is 2.14. The Morgan fingerprint density at radius 2 is 1.90 bits per heavy atom. The lowest BCUT2D eigenvalue weighted by Gasteiger charge is -2.39. The smallest absolute Gasteiger partial charge is 0.242 e. The molecule has 1 aliphatic heterocycles. The highest BCUT2D eigenvalue weighted by Gasteiger charge is 2.30. The third kappa shape index (κ3) is 6.86. The molecule has 1 N–H and O–H groups in total. The quantitative estimate of drug-likeness (QED) is 0.481.